The maximum atomic E-state index is 16.5. The highest BCUT2D eigenvalue weighted by atomic mass is 32.2. The maximum absolute atomic E-state index is 16.5. The van der Waals surface area contributed by atoms with Gasteiger partial charge in [-0.25, -0.2) is 8.42 Å². The van der Waals surface area contributed by atoms with Gasteiger partial charge in [0.15, 0.2) is 6.04 Å². The summed E-state index contributed by atoms with van der Waals surface area (Å²) in [7, 11) is -4.52. The number of nitrogens with one attached hydrogen (secondary N) is 1. The molecule has 45 heavy (non-hydrogen) atoms. The Hall–Kier alpha value is -2.86. The minimum atomic E-state index is -4.52. The summed E-state index contributed by atoms with van der Waals surface area (Å²) in [6.45, 7) is 2.53. The summed E-state index contributed by atoms with van der Waals surface area (Å²) >= 11 is 1.55. The second kappa shape index (κ2) is 13.1. The topological polar surface area (TPSA) is 102 Å². The number of piperidine rings is 1. The van der Waals surface area contributed by atoms with E-state index in [4.69, 9.17) is 10.5 Å². The highest BCUT2D eigenvalue weighted by Gasteiger charge is 2.53. The predicted molar refractivity (Wildman–Crippen MR) is 172 cm³/mol. The Bertz CT molecular complexity index is 1570. The van der Waals surface area contributed by atoms with Crippen LogP contribution in [-0.4, -0.2) is 50.0 Å². The number of hydrogen-bond donors (Lipinski definition) is 2. The van der Waals surface area contributed by atoms with Crippen molar-refractivity contribution in [3.05, 3.63) is 71.1 Å². The molecule has 3 heterocycles. The van der Waals surface area contributed by atoms with Crippen molar-refractivity contribution < 1.29 is 26.7 Å². The number of nitrogens with zero attached hydrogens (tertiary/aromatic N) is 1. The smallest absolute Gasteiger partial charge is 0.298 e. The summed E-state index contributed by atoms with van der Waals surface area (Å²) < 4.78 is 68.3. The van der Waals surface area contributed by atoms with Crippen LogP contribution >= 0.6 is 11.3 Å². The Morgan fingerprint density at radius 3 is 2.22 bits per heavy atom. The van der Waals surface area contributed by atoms with Gasteiger partial charge in [0.2, 0.25) is 15.9 Å². The standard InChI is InChI=1S/C34H41F2N3O4S2/c1-22-7-18-31(44-22)24-8-10-25(11-9-24)34(35,36)32(33(40)39-27-12-13-28(39)20-26(37)19-27)38-45(41,42)30-16-14-29(15-17-30)43-21-23-5-3-2-4-6-23/h7-11,14-18,23,26-28,32,38H,2-6,12-13,19-21,37H2,1H3/t26?,27?,28?,32-/m1/s1. The van der Waals surface area contributed by atoms with Crippen molar-refractivity contribution in [1.29, 1.82) is 0 Å². The SMILES string of the molecule is Cc1ccc(-c2ccc(C(F)(F)[C@H](NS(=O)(=O)c3ccc(OCC4CCCCC4)cc3)C(=O)N3C4CCC3CC(N)C4)cc2)s1. The van der Waals surface area contributed by atoms with Gasteiger partial charge in [-0.05, 0) is 93.3 Å². The first-order valence-corrected chi connectivity index (χ1v) is 18.2. The summed E-state index contributed by atoms with van der Waals surface area (Å²) in [5, 5.41) is 0. The number of hydrogen-bond acceptors (Lipinski definition) is 6. The van der Waals surface area contributed by atoms with Gasteiger partial charge in [0.25, 0.3) is 5.92 Å². The van der Waals surface area contributed by atoms with Gasteiger partial charge in [0.1, 0.15) is 5.75 Å². The van der Waals surface area contributed by atoms with Crippen LogP contribution in [0.15, 0.2) is 65.6 Å². The van der Waals surface area contributed by atoms with E-state index in [-0.39, 0.29) is 23.0 Å². The summed E-state index contributed by atoms with van der Waals surface area (Å²) in [6.07, 6.45) is 8.17. The number of benzene rings is 2. The van der Waals surface area contributed by atoms with Gasteiger partial charge in [-0.2, -0.15) is 13.5 Å². The lowest BCUT2D eigenvalue weighted by Crippen LogP contribution is -2.60. The van der Waals surface area contributed by atoms with E-state index in [9.17, 15) is 13.2 Å². The summed E-state index contributed by atoms with van der Waals surface area (Å²) in [6, 6.07) is 12.3. The second-order valence-corrected chi connectivity index (χ2v) is 15.8. The molecule has 11 heteroatoms. The van der Waals surface area contributed by atoms with E-state index in [0.29, 0.717) is 44.0 Å². The minimum absolute atomic E-state index is 0.116. The lowest BCUT2D eigenvalue weighted by atomic mass is 9.90. The van der Waals surface area contributed by atoms with Crippen molar-refractivity contribution in [2.24, 2.45) is 11.7 Å². The monoisotopic (exact) mass is 657 g/mol. The molecule has 2 aliphatic heterocycles. The van der Waals surface area contributed by atoms with Crippen molar-refractivity contribution in [1.82, 2.24) is 9.62 Å². The number of thiophene rings is 1. The van der Waals surface area contributed by atoms with Gasteiger partial charge >= 0.3 is 0 Å². The fraction of sp³-hybridized carbons (Fsp3) is 0.500. The number of fused-ring (bicyclic) bond motifs is 2. The van der Waals surface area contributed by atoms with Crippen LogP contribution in [0.1, 0.15) is 68.2 Å². The molecule has 2 bridgehead atoms. The highest BCUT2D eigenvalue weighted by Crippen LogP contribution is 2.40. The Morgan fingerprint density at radius 1 is 0.978 bits per heavy atom. The molecule has 2 aromatic carbocycles. The van der Waals surface area contributed by atoms with E-state index in [1.54, 1.807) is 23.5 Å². The average Bonchev–Trinajstić information content (AvgIpc) is 3.59. The van der Waals surface area contributed by atoms with E-state index >= 15 is 8.78 Å². The zero-order chi connectivity index (χ0) is 31.8. The van der Waals surface area contributed by atoms with E-state index in [0.717, 1.165) is 28.2 Å². The van der Waals surface area contributed by atoms with Crippen molar-refractivity contribution in [2.45, 2.75) is 99.7 Å². The van der Waals surface area contributed by atoms with Crippen LogP contribution in [0.5, 0.6) is 5.75 Å². The number of sulfonamides is 1. The van der Waals surface area contributed by atoms with Gasteiger partial charge < -0.3 is 15.4 Å². The highest BCUT2D eigenvalue weighted by molar-refractivity contribution is 7.89. The summed E-state index contributed by atoms with van der Waals surface area (Å²) in [5.41, 5.74) is 6.51. The third kappa shape index (κ3) is 6.96. The quantitative estimate of drug-likeness (QED) is 0.256. The number of rotatable bonds is 10. The molecule has 2 saturated heterocycles. The third-order valence-corrected chi connectivity index (χ3v) is 12.0. The molecule has 3 fully saturated rings. The largest absolute Gasteiger partial charge is 0.493 e. The molecule has 0 spiro atoms. The van der Waals surface area contributed by atoms with Gasteiger partial charge in [0, 0.05) is 33.4 Å². The van der Waals surface area contributed by atoms with Crippen molar-refractivity contribution in [3.63, 3.8) is 0 Å². The molecule has 1 aliphatic carbocycles. The molecule has 3 aliphatic rings. The van der Waals surface area contributed by atoms with Crippen molar-refractivity contribution in [3.8, 4) is 16.2 Å². The number of amides is 1. The van der Waals surface area contributed by atoms with Crippen LogP contribution < -0.4 is 15.2 Å². The van der Waals surface area contributed by atoms with Gasteiger partial charge in [0.05, 0.1) is 11.5 Å². The molecule has 1 saturated carbocycles. The molecular formula is C34H41F2N3O4S2. The Labute approximate surface area is 268 Å². The number of carbonyl (C=O) groups is 1. The number of aryl methyl sites for hydroxylation is 1. The van der Waals surface area contributed by atoms with E-state index in [1.165, 1.54) is 60.6 Å². The van der Waals surface area contributed by atoms with Crippen LogP contribution in [0.3, 0.4) is 0 Å². The van der Waals surface area contributed by atoms with Crippen LogP contribution in [0.4, 0.5) is 8.78 Å². The predicted octanol–water partition coefficient (Wildman–Crippen LogP) is 6.60. The summed E-state index contributed by atoms with van der Waals surface area (Å²) in [4.78, 5) is 17.3. The molecule has 2 unspecified atom stereocenters. The lowest BCUT2D eigenvalue weighted by Gasteiger charge is -2.41. The zero-order valence-electron chi connectivity index (χ0n) is 25.5. The fourth-order valence-corrected chi connectivity index (χ4v) is 9.19. The van der Waals surface area contributed by atoms with Gasteiger partial charge in [-0.15, -0.1) is 11.3 Å². The molecule has 3 aromatic rings. The normalized spacial score (nSPS) is 23.2. The molecule has 0 radical (unpaired) electrons. The Morgan fingerprint density at radius 2 is 1.62 bits per heavy atom. The van der Waals surface area contributed by atoms with Crippen molar-refractivity contribution >= 4 is 27.3 Å². The molecule has 7 nitrogen and oxygen atoms in total. The average molecular weight is 658 g/mol. The van der Waals surface area contributed by atoms with E-state index in [1.807, 2.05) is 19.1 Å². The first-order chi connectivity index (χ1) is 21.5. The van der Waals surface area contributed by atoms with E-state index < -0.39 is 33.5 Å². The second-order valence-electron chi connectivity index (χ2n) is 12.8. The number of carbonyl (C=O) groups excluding carboxylic acids is 1. The lowest BCUT2D eigenvalue weighted by molar-refractivity contribution is -0.149. The number of alkyl halides is 2. The number of nitrogens with two attached hydrogens (primary N) is 1. The first kappa shape index (κ1) is 32.1. The maximum Gasteiger partial charge on any atom is 0.298 e. The van der Waals surface area contributed by atoms with Crippen LogP contribution in [0.25, 0.3) is 10.4 Å². The molecule has 1 amide bonds. The van der Waals surface area contributed by atoms with Gasteiger partial charge in [-0.3, -0.25) is 4.79 Å². The van der Waals surface area contributed by atoms with Crippen LogP contribution in [-0.2, 0) is 20.7 Å². The molecule has 3 N–H and O–H groups in total. The Balaban J connectivity index is 1.26. The molecule has 1 aromatic heterocycles. The molecular weight excluding hydrogens is 617 g/mol. The van der Waals surface area contributed by atoms with Crippen molar-refractivity contribution in [2.75, 3.05) is 6.61 Å². The zero-order valence-corrected chi connectivity index (χ0v) is 27.1. The third-order valence-electron chi connectivity index (χ3n) is 9.55. The Kier molecular flexibility index (Phi) is 9.34. The van der Waals surface area contributed by atoms with E-state index in [2.05, 4.69) is 4.72 Å². The minimum Gasteiger partial charge on any atom is -0.493 e. The van der Waals surface area contributed by atoms with Crippen LogP contribution in [0.2, 0.25) is 0 Å². The van der Waals surface area contributed by atoms with Gasteiger partial charge in [-0.1, -0.05) is 43.5 Å². The summed E-state index contributed by atoms with van der Waals surface area (Å²) in [5.74, 6) is -3.77. The molecule has 242 valence electrons. The molecule has 6 rings (SSSR count). The molecule has 3 atom stereocenters. The fourth-order valence-electron chi connectivity index (χ4n) is 7.13. The first-order valence-electron chi connectivity index (χ1n) is 15.9. The number of ether oxygens (including phenoxy) is 1. The number of halogens is 2. The van der Waals surface area contributed by atoms with Crippen LogP contribution in [0, 0.1) is 12.8 Å².